The van der Waals surface area contributed by atoms with Crippen molar-refractivity contribution < 1.29 is 44.5 Å². The number of hydrogen-bond acceptors (Lipinski definition) is 11. The van der Waals surface area contributed by atoms with Crippen LogP contribution in [0.25, 0.3) is 0 Å². The maximum Gasteiger partial charge on any atom is 0.311 e. The molecule has 242 valence electrons. The van der Waals surface area contributed by atoms with Gasteiger partial charge in [-0.3, -0.25) is 4.79 Å². The second-order valence-corrected chi connectivity index (χ2v) is 13.6. The van der Waals surface area contributed by atoms with Gasteiger partial charge in [-0.25, -0.2) is 0 Å². The average molecular weight is 591 g/mol. The Morgan fingerprint density at radius 1 is 1.05 bits per heavy atom. The zero-order chi connectivity index (χ0) is 31.6. The summed E-state index contributed by atoms with van der Waals surface area (Å²) in [5.41, 5.74) is -3.25. The van der Waals surface area contributed by atoms with Gasteiger partial charge in [0.1, 0.15) is 23.9 Å². The van der Waals surface area contributed by atoms with Crippen molar-refractivity contribution in [1.82, 2.24) is 9.80 Å². The Labute approximate surface area is 246 Å². The molecule has 5 N–H and O–H groups in total. The Morgan fingerprint density at radius 2 is 1.63 bits per heavy atom. The minimum atomic E-state index is -1.75. The lowest BCUT2D eigenvalue weighted by Crippen LogP contribution is -2.59. The van der Waals surface area contributed by atoms with E-state index in [1.165, 1.54) is 13.8 Å². The summed E-state index contributed by atoms with van der Waals surface area (Å²) in [6, 6.07) is -0.733. The summed E-state index contributed by atoms with van der Waals surface area (Å²) in [7, 11) is 5.58. The minimum Gasteiger partial charge on any atom is -0.459 e. The number of hydrogen-bond donors (Lipinski definition) is 5. The van der Waals surface area contributed by atoms with Crippen molar-refractivity contribution in [3.63, 3.8) is 0 Å². The van der Waals surface area contributed by atoms with Gasteiger partial charge in [0.25, 0.3) is 0 Å². The Balaban J connectivity index is 2.52. The molecule has 0 aromatic heterocycles. The molecule has 0 aromatic carbocycles. The summed E-state index contributed by atoms with van der Waals surface area (Å²) >= 11 is 0. The van der Waals surface area contributed by atoms with Crippen LogP contribution in [-0.4, -0.2) is 135 Å². The van der Waals surface area contributed by atoms with Crippen LogP contribution in [0.4, 0.5) is 0 Å². The molecule has 0 unspecified atom stereocenters. The number of rotatable bonds is 4. The maximum atomic E-state index is 13.3. The molecule has 2 rings (SSSR count). The van der Waals surface area contributed by atoms with Crippen LogP contribution < -0.4 is 0 Å². The van der Waals surface area contributed by atoms with E-state index in [1.807, 2.05) is 44.8 Å². The van der Waals surface area contributed by atoms with Crippen LogP contribution in [0.2, 0.25) is 0 Å². The van der Waals surface area contributed by atoms with E-state index >= 15 is 0 Å². The Hall–Kier alpha value is -0.890. The van der Waals surface area contributed by atoms with E-state index < -0.39 is 71.9 Å². The molecule has 11 nitrogen and oxygen atoms in total. The molecule has 2 heterocycles. The second-order valence-electron chi connectivity index (χ2n) is 13.6. The lowest BCUT2D eigenvalue weighted by molar-refractivity contribution is -0.299. The first kappa shape index (κ1) is 36.3. The number of carbonyl (C=O) groups excluding carboxylic acids is 1. The van der Waals surface area contributed by atoms with Crippen LogP contribution in [0.5, 0.6) is 0 Å². The fourth-order valence-corrected chi connectivity index (χ4v) is 6.74. The Kier molecular flexibility index (Phi) is 12.6. The molecule has 0 aliphatic carbocycles. The number of esters is 1. The fraction of sp³-hybridized carbons (Fsp3) is 0.967. The van der Waals surface area contributed by atoms with Crippen LogP contribution in [0.3, 0.4) is 0 Å². The first-order valence-electron chi connectivity index (χ1n) is 15.1. The third kappa shape index (κ3) is 8.39. The van der Waals surface area contributed by atoms with Crippen LogP contribution in [0.15, 0.2) is 0 Å². The summed E-state index contributed by atoms with van der Waals surface area (Å²) in [4.78, 5) is 17.1. The van der Waals surface area contributed by atoms with Gasteiger partial charge in [0, 0.05) is 24.5 Å². The summed E-state index contributed by atoms with van der Waals surface area (Å²) in [6.45, 7) is 14.2. The normalized spacial score (nSPS) is 48.4. The summed E-state index contributed by atoms with van der Waals surface area (Å²) < 4.78 is 18.1. The molecule has 14 atom stereocenters. The van der Waals surface area contributed by atoms with Gasteiger partial charge in [0.15, 0.2) is 6.29 Å². The van der Waals surface area contributed by atoms with Gasteiger partial charge >= 0.3 is 5.97 Å². The number of aliphatic hydroxyl groups is 5. The van der Waals surface area contributed by atoms with Crippen molar-refractivity contribution in [2.45, 2.75) is 141 Å². The standard InChI is InChI=1S/C30H58N2O9/c1-12-22-30(8,38)25(35)20(6)32(11)15-16(2)14-29(7,37)26(18(4)23(33)19(5)27(36)40-22)41-28-24(34)21(31(9)10)13-17(3)39-28/h16-26,28,33-35,37-38H,12-15H2,1-11H3/t16-,17-,18+,19-,20-,21+,22-,23+,24-,25-,26-,28+,29-,30-/m1/s1. The molecule has 2 aliphatic rings. The zero-order valence-electron chi connectivity index (χ0n) is 27.0. The van der Waals surface area contributed by atoms with E-state index in [2.05, 4.69) is 0 Å². The third-order valence-corrected chi connectivity index (χ3v) is 9.46. The zero-order valence-corrected chi connectivity index (χ0v) is 27.0. The molecule has 2 saturated heterocycles. The summed E-state index contributed by atoms with van der Waals surface area (Å²) in [6.07, 6.45) is -5.74. The molecular weight excluding hydrogens is 532 g/mol. The van der Waals surface area contributed by atoms with Gasteiger partial charge < -0.3 is 49.5 Å². The quantitative estimate of drug-likeness (QED) is 0.298. The van der Waals surface area contributed by atoms with Crippen LogP contribution in [-0.2, 0) is 19.0 Å². The van der Waals surface area contributed by atoms with E-state index in [1.54, 1.807) is 27.7 Å². The number of aliphatic hydroxyl groups excluding tert-OH is 3. The predicted molar refractivity (Wildman–Crippen MR) is 155 cm³/mol. The molecule has 0 radical (unpaired) electrons. The van der Waals surface area contributed by atoms with E-state index in [-0.39, 0.29) is 30.9 Å². The van der Waals surface area contributed by atoms with Gasteiger partial charge in [0.05, 0.1) is 29.8 Å². The lowest BCUT2D eigenvalue weighted by atomic mass is 9.78. The number of carbonyl (C=O) groups is 1. The first-order chi connectivity index (χ1) is 18.8. The first-order valence-corrected chi connectivity index (χ1v) is 15.1. The highest BCUT2D eigenvalue weighted by atomic mass is 16.7. The Morgan fingerprint density at radius 3 is 2.17 bits per heavy atom. The van der Waals surface area contributed by atoms with E-state index in [0.29, 0.717) is 13.0 Å². The molecule has 11 heteroatoms. The predicted octanol–water partition coefficient (Wildman–Crippen LogP) is 0.976. The largest absolute Gasteiger partial charge is 0.459 e. The highest BCUT2D eigenvalue weighted by Crippen LogP contribution is 2.36. The van der Waals surface area contributed by atoms with Crippen LogP contribution in [0.1, 0.15) is 74.7 Å². The van der Waals surface area contributed by atoms with Crippen molar-refractivity contribution in [2.24, 2.45) is 17.8 Å². The van der Waals surface area contributed by atoms with E-state index in [0.717, 1.165) is 0 Å². The molecule has 2 fully saturated rings. The monoisotopic (exact) mass is 590 g/mol. The van der Waals surface area contributed by atoms with Crippen molar-refractivity contribution in [2.75, 3.05) is 27.7 Å². The number of ether oxygens (including phenoxy) is 3. The third-order valence-electron chi connectivity index (χ3n) is 9.46. The van der Waals surface area contributed by atoms with Gasteiger partial charge in [-0.15, -0.1) is 0 Å². The van der Waals surface area contributed by atoms with E-state index in [9.17, 15) is 30.3 Å². The Bertz CT molecular complexity index is 841. The number of likely N-dealkylation sites (N-methyl/N-ethyl adjacent to an activating group) is 2. The topological polar surface area (TPSA) is 152 Å². The molecule has 41 heavy (non-hydrogen) atoms. The van der Waals surface area contributed by atoms with Crippen molar-refractivity contribution in [3.8, 4) is 0 Å². The molecular formula is C30H58N2O9. The molecule has 0 saturated carbocycles. The van der Waals surface area contributed by atoms with Gasteiger partial charge in [0.2, 0.25) is 0 Å². The molecule has 2 aliphatic heterocycles. The van der Waals surface area contributed by atoms with Crippen molar-refractivity contribution in [3.05, 3.63) is 0 Å². The number of cyclic esters (lactones) is 1. The molecule has 0 amide bonds. The highest BCUT2D eigenvalue weighted by Gasteiger charge is 2.49. The molecule has 0 spiro atoms. The minimum absolute atomic E-state index is 0.0990. The molecule has 0 aromatic rings. The molecule has 0 bridgehead atoms. The number of nitrogens with zero attached hydrogens (tertiary/aromatic N) is 2. The second kappa shape index (κ2) is 14.3. The van der Waals surface area contributed by atoms with Gasteiger partial charge in [-0.2, -0.15) is 0 Å². The maximum absolute atomic E-state index is 13.3. The van der Waals surface area contributed by atoms with Crippen LogP contribution >= 0.6 is 0 Å². The van der Waals surface area contributed by atoms with E-state index in [4.69, 9.17) is 14.2 Å². The van der Waals surface area contributed by atoms with Gasteiger partial charge in [-0.1, -0.05) is 20.8 Å². The van der Waals surface area contributed by atoms with Crippen molar-refractivity contribution >= 4 is 5.97 Å². The smallest absolute Gasteiger partial charge is 0.311 e. The van der Waals surface area contributed by atoms with Gasteiger partial charge in [-0.05, 0) is 80.9 Å². The fourth-order valence-electron chi connectivity index (χ4n) is 6.74. The SMILES string of the molecule is CC[C@H]1OC(=O)[C@H](C)[C@@H](O)[C@H](C)[C@@H](O[C@@H]2O[C@H](C)C[C@H](N(C)C)[C@H]2O)[C@](C)(O)C[C@@H](C)CN(C)[C@H](C)[C@@H](O)[C@]1(C)O. The summed E-state index contributed by atoms with van der Waals surface area (Å²) in [5, 5.41) is 57.0. The highest BCUT2D eigenvalue weighted by molar-refractivity contribution is 5.73. The van der Waals surface area contributed by atoms with Crippen molar-refractivity contribution in [1.29, 1.82) is 0 Å². The van der Waals surface area contributed by atoms with Crippen LogP contribution in [0, 0.1) is 17.8 Å². The average Bonchev–Trinajstić information content (AvgIpc) is 2.87. The summed E-state index contributed by atoms with van der Waals surface area (Å²) in [5.74, 6) is -2.65. The lowest BCUT2D eigenvalue weighted by Gasteiger charge is -2.46.